The average Bonchev–Trinajstić information content (AvgIpc) is 2.93. The third-order valence-corrected chi connectivity index (χ3v) is 4.54. The second-order valence-corrected chi connectivity index (χ2v) is 5.84. The van der Waals surface area contributed by atoms with Gasteiger partial charge in [-0.3, -0.25) is 4.79 Å². The maximum atomic E-state index is 12.2. The highest BCUT2D eigenvalue weighted by molar-refractivity contribution is 7.08. The van der Waals surface area contributed by atoms with Crippen molar-refractivity contribution >= 4 is 23.4 Å². The van der Waals surface area contributed by atoms with Gasteiger partial charge in [0.05, 0.1) is 5.69 Å². The predicted octanol–water partition coefficient (Wildman–Crippen LogP) is 1.86. The van der Waals surface area contributed by atoms with Crippen LogP contribution in [0.15, 0.2) is 0 Å². The Hall–Kier alpha value is -1.50. The summed E-state index contributed by atoms with van der Waals surface area (Å²) in [6.07, 6.45) is 5.55. The second-order valence-electron chi connectivity index (χ2n) is 5.09. The van der Waals surface area contributed by atoms with E-state index in [2.05, 4.69) is 14.9 Å². The monoisotopic (exact) mass is 297 g/mol. The van der Waals surface area contributed by atoms with Crippen molar-refractivity contribution in [1.29, 1.82) is 0 Å². The number of carboxylic acids is 1. The normalized spacial score (nSPS) is 17.6. The van der Waals surface area contributed by atoms with Crippen LogP contribution in [0.3, 0.4) is 0 Å². The van der Waals surface area contributed by atoms with E-state index in [1.807, 2.05) is 6.92 Å². The molecule has 1 aromatic heterocycles. The highest BCUT2D eigenvalue weighted by Gasteiger charge is 2.31. The highest BCUT2D eigenvalue weighted by atomic mass is 32.1. The Morgan fingerprint density at radius 2 is 2.10 bits per heavy atom. The van der Waals surface area contributed by atoms with E-state index < -0.39 is 12.0 Å². The molecular weight excluding hydrogens is 278 g/mol. The molecule has 0 spiro atoms. The first-order valence-corrected chi connectivity index (χ1v) is 7.75. The van der Waals surface area contributed by atoms with Gasteiger partial charge in [-0.1, -0.05) is 30.7 Å². The molecule has 1 fully saturated rings. The fraction of sp³-hybridized carbons (Fsp3) is 0.692. The zero-order valence-corrected chi connectivity index (χ0v) is 12.3. The lowest BCUT2D eigenvalue weighted by molar-refractivity contribution is -0.141. The number of nitrogens with one attached hydrogen (secondary N) is 1. The van der Waals surface area contributed by atoms with Gasteiger partial charge in [-0.05, 0) is 36.7 Å². The summed E-state index contributed by atoms with van der Waals surface area (Å²) < 4.78 is 3.76. The molecule has 0 radical (unpaired) electrons. The van der Waals surface area contributed by atoms with E-state index in [0.717, 1.165) is 43.6 Å². The fourth-order valence-electron chi connectivity index (χ4n) is 2.67. The lowest BCUT2D eigenvalue weighted by Gasteiger charge is -2.27. The number of nitrogens with zero attached hydrogens (tertiary/aromatic N) is 2. The number of carboxylic acid groups (broad SMARTS) is 1. The maximum Gasteiger partial charge on any atom is 0.326 e. The minimum absolute atomic E-state index is 0.0242. The van der Waals surface area contributed by atoms with Gasteiger partial charge in [-0.2, -0.15) is 0 Å². The number of rotatable bonds is 5. The van der Waals surface area contributed by atoms with E-state index in [9.17, 15) is 14.7 Å². The van der Waals surface area contributed by atoms with Gasteiger partial charge in [-0.15, -0.1) is 5.10 Å². The molecule has 0 bridgehead atoms. The van der Waals surface area contributed by atoms with Crippen LogP contribution in [-0.2, 0) is 11.2 Å². The number of carbonyl (C=O) groups excluding carboxylic acids is 1. The summed E-state index contributed by atoms with van der Waals surface area (Å²) in [6.45, 7) is 1.89. The molecule has 0 saturated heterocycles. The van der Waals surface area contributed by atoms with Crippen LogP contribution in [0.2, 0.25) is 0 Å². The van der Waals surface area contributed by atoms with Crippen molar-refractivity contribution < 1.29 is 14.7 Å². The molecule has 7 heteroatoms. The Morgan fingerprint density at radius 1 is 1.40 bits per heavy atom. The molecular formula is C13H19N3O3S. The zero-order chi connectivity index (χ0) is 14.5. The van der Waals surface area contributed by atoms with Gasteiger partial charge in [0.25, 0.3) is 5.91 Å². The first-order valence-electron chi connectivity index (χ1n) is 6.98. The molecule has 6 nitrogen and oxygen atoms in total. The van der Waals surface area contributed by atoms with Crippen molar-refractivity contribution in [2.45, 2.75) is 51.5 Å². The molecule has 1 amide bonds. The summed E-state index contributed by atoms with van der Waals surface area (Å²) in [4.78, 5) is 24.0. The molecule has 110 valence electrons. The van der Waals surface area contributed by atoms with Crippen molar-refractivity contribution in [3.63, 3.8) is 0 Å². The van der Waals surface area contributed by atoms with Crippen LogP contribution >= 0.6 is 11.5 Å². The van der Waals surface area contributed by atoms with Crippen LogP contribution in [0.1, 0.15) is 54.4 Å². The van der Waals surface area contributed by atoms with E-state index in [4.69, 9.17) is 0 Å². The summed E-state index contributed by atoms with van der Waals surface area (Å²) in [7, 11) is 0. The Morgan fingerprint density at radius 3 is 2.70 bits per heavy atom. The maximum absolute atomic E-state index is 12.2. The SMILES string of the molecule is CCc1nnsc1C(=O)NC(C(=O)O)C1CCCCC1. The Kier molecular flexibility index (Phi) is 5.05. The molecule has 1 saturated carbocycles. The number of amides is 1. The van der Waals surface area contributed by atoms with E-state index >= 15 is 0 Å². The van der Waals surface area contributed by atoms with E-state index in [1.54, 1.807) is 0 Å². The predicted molar refractivity (Wildman–Crippen MR) is 74.8 cm³/mol. The molecule has 0 aromatic carbocycles. The minimum Gasteiger partial charge on any atom is -0.480 e. The molecule has 20 heavy (non-hydrogen) atoms. The van der Waals surface area contributed by atoms with Gasteiger partial charge in [-0.25, -0.2) is 4.79 Å². The number of hydrogen-bond acceptors (Lipinski definition) is 5. The molecule has 2 N–H and O–H groups in total. The summed E-state index contributed by atoms with van der Waals surface area (Å²) in [5.74, 6) is -1.30. The Balaban J connectivity index is 2.08. The van der Waals surface area contributed by atoms with Crippen LogP contribution in [0.25, 0.3) is 0 Å². The van der Waals surface area contributed by atoms with Gasteiger partial charge >= 0.3 is 5.97 Å². The van der Waals surface area contributed by atoms with Crippen molar-refractivity contribution in [1.82, 2.24) is 14.9 Å². The van der Waals surface area contributed by atoms with Crippen LogP contribution < -0.4 is 5.32 Å². The molecule has 1 unspecified atom stereocenters. The third kappa shape index (κ3) is 3.33. The highest BCUT2D eigenvalue weighted by Crippen LogP contribution is 2.27. The molecule has 1 aliphatic carbocycles. The van der Waals surface area contributed by atoms with Crippen molar-refractivity contribution in [3.8, 4) is 0 Å². The summed E-state index contributed by atoms with van der Waals surface area (Å²) in [6, 6.07) is -0.811. The zero-order valence-electron chi connectivity index (χ0n) is 11.5. The van der Waals surface area contributed by atoms with Gasteiger partial charge in [0.2, 0.25) is 0 Å². The number of aryl methyl sites for hydroxylation is 1. The van der Waals surface area contributed by atoms with Crippen molar-refractivity contribution in [2.75, 3.05) is 0 Å². The van der Waals surface area contributed by atoms with Crippen LogP contribution in [0, 0.1) is 5.92 Å². The molecule has 1 heterocycles. The molecule has 1 aromatic rings. The fourth-order valence-corrected chi connectivity index (χ4v) is 3.32. The molecule has 2 rings (SSSR count). The number of aromatic nitrogens is 2. The van der Waals surface area contributed by atoms with E-state index in [0.29, 0.717) is 17.0 Å². The summed E-state index contributed by atoms with van der Waals surface area (Å²) in [5.41, 5.74) is 0.625. The number of aliphatic carboxylic acids is 1. The Labute approximate surface area is 121 Å². The smallest absolute Gasteiger partial charge is 0.326 e. The number of carbonyl (C=O) groups is 2. The van der Waals surface area contributed by atoms with Crippen molar-refractivity contribution in [3.05, 3.63) is 10.6 Å². The lowest BCUT2D eigenvalue weighted by atomic mass is 9.84. The van der Waals surface area contributed by atoms with Gasteiger partial charge < -0.3 is 10.4 Å². The van der Waals surface area contributed by atoms with Gasteiger partial charge in [0, 0.05) is 0 Å². The van der Waals surface area contributed by atoms with Crippen LogP contribution in [0.4, 0.5) is 0 Å². The Bertz CT molecular complexity index is 483. The topological polar surface area (TPSA) is 92.2 Å². The average molecular weight is 297 g/mol. The largest absolute Gasteiger partial charge is 0.480 e. The van der Waals surface area contributed by atoms with Crippen LogP contribution in [-0.4, -0.2) is 32.6 Å². The van der Waals surface area contributed by atoms with Crippen molar-refractivity contribution in [2.24, 2.45) is 5.92 Å². The summed E-state index contributed by atoms with van der Waals surface area (Å²) in [5, 5.41) is 15.9. The molecule has 0 aliphatic heterocycles. The first kappa shape index (κ1) is 14.9. The standard InChI is InChI=1S/C13H19N3O3S/c1-2-9-11(20-16-15-9)12(17)14-10(13(18)19)8-6-4-3-5-7-8/h8,10H,2-7H2,1H3,(H,14,17)(H,18,19). The molecule has 1 atom stereocenters. The second kappa shape index (κ2) is 6.78. The number of hydrogen-bond donors (Lipinski definition) is 2. The van der Waals surface area contributed by atoms with Crippen LogP contribution in [0.5, 0.6) is 0 Å². The quantitative estimate of drug-likeness (QED) is 0.865. The molecule has 1 aliphatic rings. The minimum atomic E-state index is -0.958. The van der Waals surface area contributed by atoms with E-state index in [-0.39, 0.29) is 11.8 Å². The first-order chi connectivity index (χ1) is 9.63. The van der Waals surface area contributed by atoms with E-state index in [1.165, 1.54) is 0 Å². The lowest BCUT2D eigenvalue weighted by Crippen LogP contribution is -2.46. The van der Waals surface area contributed by atoms with Gasteiger partial charge in [0.15, 0.2) is 0 Å². The third-order valence-electron chi connectivity index (χ3n) is 3.77. The van der Waals surface area contributed by atoms with Gasteiger partial charge in [0.1, 0.15) is 10.9 Å². The summed E-state index contributed by atoms with van der Waals surface area (Å²) >= 11 is 1.02.